The van der Waals surface area contributed by atoms with Crippen molar-refractivity contribution in [3.8, 4) is 5.75 Å². The molecule has 0 spiro atoms. The highest BCUT2D eigenvalue weighted by molar-refractivity contribution is 5.43. The maximum atomic E-state index is 9.97. The molecule has 1 N–H and O–H groups in total. The lowest BCUT2D eigenvalue weighted by molar-refractivity contribution is 0.459. The fraction of sp³-hybridized carbons (Fsp3) is 0.385. The molecule has 1 atom stereocenters. The van der Waals surface area contributed by atoms with Crippen LogP contribution in [0.25, 0.3) is 0 Å². The van der Waals surface area contributed by atoms with Gasteiger partial charge in [0.1, 0.15) is 5.75 Å². The van der Waals surface area contributed by atoms with Crippen LogP contribution >= 0.6 is 0 Å². The molecule has 0 fully saturated rings. The molecule has 0 heterocycles. The molecule has 1 rings (SSSR count). The first kappa shape index (κ1) is 10.8. The van der Waals surface area contributed by atoms with E-state index in [0.717, 1.165) is 24.0 Å². The quantitative estimate of drug-likeness (QED) is 0.719. The predicted molar refractivity (Wildman–Crippen MR) is 60.7 cm³/mol. The van der Waals surface area contributed by atoms with Gasteiger partial charge in [0.05, 0.1) is 0 Å². The molecule has 1 aromatic carbocycles. The smallest absolute Gasteiger partial charge is 0.122 e. The Morgan fingerprint density at radius 3 is 2.79 bits per heavy atom. The molecule has 0 aromatic heterocycles. The molecule has 14 heavy (non-hydrogen) atoms. The van der Waals surface area contributed by atoms with Crippen molar-refractivity contribution in [3.63, 3.8) is 0 Å². The van der Waals surface area contributed by atoms with Gasteiger partial charge in [-0.25, -0.2) is 0 Å². The molecular weight excluding hydrogens is 172 g/mol. The zero-order valence-corrected chi connectivity index (χ0v) is 8.96. The van der Waals surface area contributed by atoms with Gasteiger partial charge < -0.3 is 5.11 Å². The monoisotopic (exact) mass is 190 g/mol. The van der Waals surface area contributed by atoms with Gasteiger partial charge in [0.25, 0.3) is 0 Å². The molecule has 0 aliphatic carbocycles. The standard InChI is InChI=1S/C13H18O/c1-4-7-11-8-6-9-12(13(11)14)10(3)5-2/h5-6,8-10,14H,2,4,7H2,1,3H3/t10-/m0/s1. The number of rotatable bonds is 4. The molecule has 0 aliphatic rings. The summed E-state index contributed by atoms with van der Waals surface area (Å²) in [7, 11) is 0. The Balaban J connectivity index is 3.06. The fourth-order valence-electron chi connectivity index (χ4n) is 1.58. The van der Waals surface area contributed by atoms with E-state index in [2.05, 4.69) is 13.5 Å². The number of allylic oxidation sites excluding steroid dienone is 1. The minimum absolute atomic E-state index is 0.215. The number of aromatic hydroxyl groups is 1. The van der Waals surface area contributed by atoms with Crippen molar-refractivity contribution in [2.45, 2.75) is 32.6 Å². The third kappa shape index (κ3) is 2.16. The van der Waals surface area contributed by atoms with Gasteiger partial charge in [-0.3, -0.25) is 0 Å². The summed E-state index contributed by atoms with van der Waals surface area (Å²) in [5.74, 6) is 0.661. The van der Waals surface area contributed by atoms with E-state index >= 15 is 0 Å². The average molecular weight is 190 g/mol. The second-order valence-corrected chi connectivity index (χ2v) is 3.63. The van der Waals surface area contributed by atoms with Gasteiger partial charge in [-0.15, -0.1) is 6.58 Å². The Labute approximate surface area is 86.1 Å². The van der Waals surface area contributed by atoms with Crippen LogP contribution in [-0.2, 0) is 6.42 Å². The number of para-hydroxylation sites is 1. The van der Waals surface area contributed by atoms with E-state index in [9.17, 15) is 5.11 Å². The summed E-state index contributed by atoms with van der Waals surface area (Å²) < 4.78 is 0. The lowest BCUT2D eigenvalue weighted by Crippen LogP contribution is -1.93. The summed E-state index contributed by atoms with van der Waals surface area (Å²) >= 11 is 0. The Hall–Kier alpha value is -1.24. The molecule has 76 valence electrons. The van der Waals surface area contributed by atoms with Crippen molar-refractivity contribution in [1.82, 2.24) is 0 Å². The van der Waals surface area contributed by atoms with Gasteiger partial charge in [0, 0.05) is 11.5 Å². The molecule has 1 aromatic rings. The Morgan fingerprint density at radius 1 is 1.50 bits per heavy atom. The van der Waals surface area contributed by atoms with E-state index in [1.54, 1.807) is 0 Å². The summed E-state index contributed by atoms with van der Waals surface area (Å²) in [5, 5.41) is 9.97. The molecule has 0 bridgehead atoms. The Morgan fingerprint density at radius 2 is 2.21 bits per heavy atom. The minimum Gasteiger partial charge on any atom is -0.507 e. The largest absolute Gasteiger partial charge is 0.507 e. The first-order chi connectivity index (χ1) is 6.70. The number of phenolic OH excluding ortho intramolecular Hbond substituents is 1. The van der Waals surface area contributed by atoms with Crippen LogP contribution in [0.3, 0.4) is 0 Å². The van der Waals surface area contributed by atoms with Crippen LogP contribution in [0.2, 0.25) is 0 Å². The SMILES string of the molecule is C=C[C@H](C)c1cccc(CCC)c1O. The zero-order chi connectivity index (χ0) is 10.6. The molecule has 0 aliphatic heterocycles. The number of benzene rings is 1. The van der Waals surface area contributed by atoms with E-state index < -0.39 is 0 Å². The Kier molecular flexibility index (Phi) is 3.75. The molecule has 0 saturated carbocycles. The molecule has 0 unspecified atom stereocenters. The van der Waals surface area contributed by atoms with E-state index in [-0.39, 0.29) is 5.92 Å². The van der Waals surface area contributed by atoms with Gasteiger partial charge in [0.2, 0.25) is 0 Å². The lowest BCUT2D eigenvalue weighted by Gasteiger charge is -2.12. The van der Waals surface area contributed by atoms with E-state index in [0.29, 0.717) is 5.75 Å². The zero-order valence-electron chi connectivity index (χ0n) is 8.96. The van der Waals surface area contributed by atoms with Crippen LogP contribution in [0.15, 0.2) is 30.9 Å². The number of phenols is 1. The highest BCUT2D eigenvalue weighted by Gasteiger charge is 2.09. The van der Waals surface area contributed by atoms with Crippen LogP contribution in [0.4, 0.5) is 0 Å². The van der Waals surface area contributed by atoms with Gasteiger partial charge in [-0.05, 0) is 12.0 Å². The second-order valence-electron chi connectivity index (χ2n) is 3.63. The van der Waals surface area contributed by atoms with Crippen molar-refractivity contribution in [3.05, 3.63) is 42.0 Å². The highest BCUT2D eigenvalue weighted by Crippen LogP contribution is 2.30. The van der Waals surface area contributed by atoms with Crippen LogP contribution in [-0.4, -0.2) is 5.11 Å². The molecule has 0 saturated heterocycles. The van der Waals surface area contributed by atoms with Crippen LogP contribution in [0.5, 0.6) is 5.75 Å². The van der Waals surface area contributed by atoms with Gasteiger partial charge >= 0.3 is 0 Å². The van der Waals surface area contributed by atoms with Crippen molar-refractivity contribution in [2.24, 2.45) is 0 Å². The third-order valence-electron chi connectivity index (χ3n) is 2.51. The second kappa shape index (κ2) is 4.85. The summed E-state index contributed by atoms with van der Waals surface area (Å²) in [5.41, 5.74) is 2.02. The fourth-order valence-corrected chi connectivity index (χ4v) is 1.58. The summed E-state index contributed by atoms with van der Waals surface area (Å²) in [6.45, 7) is 7.90. The molecular formula is C13H18O. The first-order valence-electron chi connectivity index (χ1n) is 5.14. The van der Waals surface area contributed by atoms with Crippen molar-refractivity contribution < 1.29 is 5.11 Å². The Bertz CT molecular complexity index is 315. The lowest BCUT2D eigenvalue weighted by atomic mass is 9.96. The van der Waals surface area contributed by atoms with E-state index in [1.807, 2.05) is 31.2 Å². The number of aryl methyl sites for hydroxylation is 1. The van der Waals surface area contributed by atoms with E-state index in [1.165, 1.54) is 0 Å². The minimum atomic E-state index is 0.215. The maximum Gasteiger partial charge on any atom is 0.122 e. The van der Waals surface area contributed by atoms with Crippen molar-refractivity contribution in [1.29, 1.82) is 0 Å². The first-order valence-corrected chi connectivity index (χ1v) is 5.14. The van der Waals surface area contributed by atoms with Gasteiger partial charge in [-0.1, -0.05) is 44.5 Å². The van der Waals surface area contributed by atoms with Gasteiger partial charge in [0.15, 0.2) is 0 Å². The van der Waals surface area contributed by atoms with Crippen molar-refractivity contribution >= 4 is 0 Å². The molecule has 1 heteroatoms. The van der Waals surface area contributed by atoms with Crippen LogP contribution < -0.4 is 0 Å². The number of hydrogen-bond donors (Lipinski definition) is 1. The van der Waals surface area contributed by atoms with Crippen LogP contribution in [0.1, 0.15) is 37.3 Å². The number of hydrogen-bond acceptors (Lipinski definition) is 1. The van der Waals surface area contributed by atoms with E-state index in [4.69, 9.17) is 0 Å². The van der Waals surface area contributed by atoms with Gasteiger partial charge in [-0.2, -0.15) is 0 Å². The average Bonchev–Trinajstić information content (AvgIpc) is 2.20. The van der Waals surface area contributed by atoms with Crippen molar-refractivity contribution in [2.75, 3.05) is 0 Å². The third-order valence-corrected chi connectivity index (χ3v) is 2.51. The summed E-state index contributed by atoms with van der Waals surface area (Å²) in [6, 6.07) is 5.94. The molecule has 1 nitrogen and oxygen atoms in total. The molecule has 0 radical (unpaired) electrons. The maximum absolute atomic E-state index is 9.97. The summed E-state index contributed by atoms with van der Waals surface area (Å²) in [6.07, 6.45) is 3.84. The van der Waals surface area contributed by atoms with Crippen LogP contribution in [0, 0.1) is 0 Å². The summed E-state index contributed by atoms with van der Waals surface area (Å²) in [4.78, 5) is 0. The topological polar surface area (TPSA) is 20.2 Å². The molecule has 0 amide bonds. The predicted octanol–water partition coefficient (Wildman–Crippen LogP) is 3.63. The normalized spacial score (nSPS) is 12.4. The highest BCUT2D eigenvalue weighted by atomic mass is 16.3.